The average molecular weight is 402 g/mol. The fraction of sp³-hybridized carbons (Fsp3) is 0.217. The molecule has 2 aromatic carbocycles. The number of rotatable bonds is 8. The monoisotopic (exact) mass is 402 g/mol. The first-order chi connectivity index (χ1) is 14.7. The molecule has 0 aliphatic rings. The molecule has 0 unspecified atom stereocenters. The van der Waals surface area contributed by atoms with Gasteiger partial charge in [0, 0.05) is 25.1 Å². The summed E-state index contributed by atoms with van der Waals surface area (Å²) in [5, 5.41) is 6.90. The van der Waals surface area contributed by atoms with Crippen molar-refractivity contribution in [3.8, 4) is 11.3 Å². The molecule has 7 heteroatoms. The molecule has 1 N–H and O–H groups in total. The molecule has 1 amide bonds. The quantitative estimate of drug-likeness (QED) is 0.457. The normalized spacial score (nSPS) is 10.9. The van der Waals surface area contributed by atoms with Crippen molar-refractivity contribution in [2.45, 2.75) is 25.8 Å². The van der Waals surface area contributed by atoms with Crippen molar-refractivity contribution >= 4 is 17.0 Å². The number of hydrogen-bond donors (Lipinski definition) is 1. The molecule has 2 heterocycles. The van der Waals surface area contributed by atoms with Gasteiger partial charge in [-0.25, -0.2) is 4.98 Å². The van der Waals surface area contributed by atoms with Crippen molar-refractivity contribution in [2.24, 2.45) is 0 Å². The van der Waals surface area contributed by atoms with Gasteiger partial charge in [0.1, 0.15) is 11.2 Å². The number of aromatic nitrogens is 3. The van der Waals surface area contributed by atoms with Gasteiger partial charge in [0.2, 0.25) is 5.91 Å². The van der Waals surface area contributed by atoms with Crippen LogP contribution < -0.4 is 10.9 Å². The standard InChI is InChI=1S/C23H22N4O3/c28-19(24-14-7-10-17-8-3-1-4-9-17)13-15-27-16-25-21-20(18-11-5-2-6-12-18)26-30-22(21)23(27)29/h1-6,8-9,11-12,16H,7,10,13-15H2,(H,24,28). The second kappa shape index (κ2) is 9.17. The molecule has 0 saturated heterocycles. The van der Waals surface area contributed by atoms with Gasteiger partial charge in [-0.3, -0.25) is 14.2 Å². The lowest BCUT2D eigenvalue weighted by Crippen LogP contribution is -2.28. The van der Waals surface area contributed by atoms with Gasteiger partial charge in [-0.05, 0) is 18.4 Å². The topological polar surface area (TPSA) is 90.0 Å². The van der Waals surface area contributed by atoms with E-state index in [4.69, 9.17) is 4.52 Å². The second-order valence-electron chi connectivity index (χ2n) is 7.01. The van der Waals surface area contributed by atoms with Gasteiger partial charge in [-0.2, -0.15) is 0 Å². The molecular weight excluding hydrogens is 380 g/mol. The summed E-state index contributed by atoms with van der Waals surface area (Å²) in [6.45, 7) is 0.829. The minimum atomic E-state index is -0.341. The molecule has 2 aromatic heterocycles. The van der Waals surface area contributed by atoms with Gasteiger partial charge in [0.15, 0.2) is 0 Å². The molecule has 30 heavy (non-hydrogen) atoms. The highest BCUT2D eigenvalue weighted by Crippen LogP contribution is 2.23. The van der Waals surface area contributed by atoms with Crippen LogP contribution >= 0.6 is 0 Å². The summed E-state index contributed by atoms with van der Waals surface area (Å²) in [4.78, 5) is 29.1. The number of nitrogens with zero attached hydrogens (tertiary/aromatic N) is 3. The summed E-state index contributed by atoms with van der Waals surface area (Å²) in [7, 11) is 0. The molecule has 0 radical (unpaired) electrons. The van der Waals surface area contributed by atoms with Crippen molar-refractivity contribution < 1.29 is 9.32 Å². The predicted molar refractivity (Wildman–Crippen MR) is 114 cm³/mol. The Bertz CT molecular complexity index is 1180. The SMILES string of the molecule is O=C(CCn1cnc2c(-c3ccccc3)noc2c1=O)NCCCc1ccccc1. The lowest BCUT2D eigenvalue weighted by Gasteiger charge is -2.07. The molecule has 0 atom stereocenters. The zero-order valence-corrected chi connectivity index (χ0v) is 16.5. The molecule has 7 nitrogen and oxygen atoms in total. The third kappa shape index (κ3) is 4.46. The van der Waals surface area contributed by atoms with E-state index in [2.05, 4.69) is 27.6 Å². The Morgan fingerprint density at radius 2 is 1.77 bits per heavy atom. The van der Waals surface area contributed by atoms with Crippen LogP contribution in [0.3, 0.4) is 0 Å². The van der Waals surface area contributed by atoms with Crippen molar-refractivity contribution in [3.63, 3.8) is 0 Å². The Kier molecular flexibility index (Phi) is 5.98. The molecule has 0 fully saturated rings. The molecule has 0 aliphatic heterocycles. The van der Waals surface area contributed by atoms with E-state index in [1.54, 1.807) is 0 Å². The lowest BCUT2D eigenvalue weighted by atomic mass is 10.1. The number of fused-ring (bicyclic) bond motifs is 1. The average Bonchev–Trinajstić information content (AvgIpc) is 3.23. The number of benzene rings is 2. The summed E-state index contributed by atoms with van der Waals surface area (Å²) in [5.74, 6) is -0.0994. The number of carbonyl (C=O) groups excluding carboxylic acids is 1. The molecule has 4 aromatic rings. The first-order valence-corrected chi connectivity index (χ1v) is 9.93. The van der Waals surface area contributed by atoms with Crippen LogP contribution in [0.15, 0.2) is 76.3 Å². The van der Waals surface area contributed by atoms with E-state index in [1.165, 1.54) is 16.5 Å². The van der Waals surface area contributed by atoms with Gasteiger partial charge < -0.3 is 9.84 Å². The van der Waals surface area contributed by atoms with E-state index in [0.29, 0.717) is 17.8 Å². The minimum absolute atomic E-state index is 0.0969. The van der Waals surface area contributed by atoms with Crippen LogP contribution in [0.4, 0.5) is 0 Å². The third-order valence-corrected chi connectivity index (χ3v) is 4.88. The minimum Gasteiger partial charge on any atom is -0.356 e. The Balaban J connectivity index is 1.33. The molecule has 0 bridgehead atoms. The van der Waals surface area contributed by atoms with E-state index < -0.39 is 0 Å². The summed E-state index contributed by atoms with van der Waals surface area (Å²) >= 11 is 0. The van der Waals surface area contributed by atoms with Gasteiger partial charge in [-0.1, -0.05) is 65.8 Å². The van der Waals surface area contributed by atoms with Crippen LogP contribution in [0.2, 0.25) is 0 Å². The zero-order chi connectivity index (χ0) is 20.8. The van der Waals surface area contributed by atoms with Crippen LogP contribution in [0.1, 0.15) is 18.4 Å². The second-order valence-corrected chi connectivity index (χ2v) is 7.01. The Morgan fingerprint density at radius 1 is 1.03 bits per heavy atom. The first kappa shape index (κ1) is 19.6. The highest BCUT2D eigenvalue weighted by atomic mass is 16.5. The number of amides is 1. The van der Waals surface area contributed by atoms with Gasteiger partial charge in [0.05, 0.1) is 6.33 Å². The van der Waals surface area contributed by atoms with E-state index in [9.17, 15) is 9.59 Å². The van der Waals surface area contributed by atoms with Crippen LogP contribution in [-0.4, -0.2) is 27.2 Å². The fourth-order valence-electron chi connectivity index (χ4n) is 3.28. The summed E-state index contributed by atoms with van der Waals surface area (Å²) in [6.07, 6.45) is 3.41. The number of aryl methyl sites for hydroxylation is 2. The highest BCUT2D eigenvalue weighted by molar-refractivity contribution is 5.87. The summed E-state index contributed by atoms with van der Waals surface area (Å²) < 4.78 is 6.64. The smallest absolute Gasteiger partial charge is 0.299 e. The Labute approximate surface area is 173 Å². The highest BCUT2D eigenvalue weighted by Gasteiger charge is 2.16. The molecule has 4 rings (SSSR count). The fourth-order valence-corrected chi connectivity index (χ4v) is 3.28. The number of hydrogen-bond acceptors (Lipinski definition) is 5. The number of carbonyl (C=O) groups is 1. The number of nitrogens with one attached hydrogen (secondary N) is 1. The van der Waals surface area contributed by atoms with E-state index in [-0.39, 0.29) is 30.0 Å². The summed E-state index contributed by atoms with van der Waals surface area (Å²) in [5.41, 5.74) is 2.79. The maximum atomic E-state index is 12.7. The van der Waals surface area contributed by atoms with Crippen LogP contribution in [0.5, 0.6) is 0 Å². The van der Waals surface area contributed by atoms with E-state index in [1.807, 2.05) is 48.5 Å². The molecule has 0 aliphatic carbocycles. The van der Waals surface area contributed by atoms with Gasteiger partial charge in [0.25, 0.3) is 11.1 Å². The van der Waals surface area contributed by atoms with Crippen molar-refractivity contribution in [3.05, 3.63) is 82.9 Å². The molecular formula is C23H22N4O3. The maximum absolute atomic E-state index is 12.7. The Hall–Kier alpha value is -3.74. The van der Waals surface area contributed by atoms with Crippen molar-refractivity contribution in [1.82, 2.24) is 20.0 Å². The van der Waals surface area contributed by atoms with Gasteiger partial charge in [-0.15, -0.1) is 0 Å². The lowest BCUT2D eigenvalue weighted by molar-refractivity contribution is -0.121. The van der Waals surface area contributed by atoms with Crippen LogP contribution in [0.25, 0.3) is 22.4 Å². The molecule has 152 valence electrons. The van der Waals surface area contributed by atoms with Gasteiger partial charge >= 0.3 is 0 Å². The largest absolute Gasteiger partial charge is 0.356 e. The van der Waals surface area contributed by atoms with Crippen LogP contribution in [-0.2, 0) is 17.8 Å². The zero-order valence-electron chi connectivity index (χ0n) is 16.5. The Morgan fingerprint density at radius 3 is 2.53 bits per heavy atom. The van der Waals surface area contributed by atoms with E-state index in [0.717, 1.165) is 18.4 Å². The van der Waals surface area contributed by atoms with Crippen molar-refractivity contribution in [2.75, 3.05) is 6.54 Å². The summed E-state index contributed by atoms with van der Waals surface area (Å²) in [6, 6.07) is 19.6. The first-order valence-electron chi connectivity index (χ1n) is 9.93. The molecule has 0 spiro atoms. The molecule has 0 saturated carbocycles. The van der Waals surface area contributed by atoms with Crippen LogP contribution in [0, 0.1) is 0 Å². The van der Waals surface area contributed by atoms with Crippen molar-refractivity contribution in [1.29, 1.82) is 0 Å². The third-order valence-electron chi connectivity index (χ3n) is 4.88. The maximum Gasteiger partial charge on any atom is 0.299 e. The predicted octanol–water partition coefficient (Wildman–Crippen LogP) is 3.19. The van der Waals surface area contributed by atoms with E-state index >= 15 is 0 Å².